The number of carbonyl (C=O) groups is 1. The highest BCUT2D eigenvalue weighted by atomic mass is 16.2. The van der Waals surface area contributed by atoms with Crippen LogP contribution in [0.25, 0.3) is 0 Å². The van der Waals surface area contributed by atoms with Gasteiger partial charge >= 0.3 is 0 Å². The highest BCUT2D eigenvalue weighted by molar-refractivity contribution is 5.79. The van der Waals surface area contributed by atoms with Crippen LogP contribution in [0, 0.1) is 5.92 Å². The topological polar surface area (TPSA) is 46.3 Å². The van der Waals surface area contributed by atoms with Crippen molar-refractivity contribution in [2.45, 2.75) is 51.0 Å². The standard InChI is InChI=1S/C12H22N2O/c13-11-6-4-5-10(9-11)12(15)14-7-2-1-3-8-14/h10-11H,1-9,13H2/t10-,11+/m0/s1. The van der Waals surface area contributed by atoms with E-state index in [1.807, 2.05) is 0 Å². The molecule has 0 unspecified atom stereocenters. The summed E-state index contributed by atoms with van der Waals surface area (Å²) < 4.78 is 0. The molecule has 2 rings (SSSR count). The largest absolute Gasteiger partial charge is 0.342 e. The van der Waals surface area contributed by atoms with Crippen molar-refractivity contribution < 1.29 is 4.79 Å². The van der Waals surface area contributed by atoms with Gasteiger partial charge in [-0.3, -0.25) is 4.79 Å². The number of hydrogen-bond acceptors (Lipinski definition) is 2. The number of nitrogens with two attached hydrogens (primary N) is 1. The Balaban J connectivity index is 1.88. The van der Waals surface area contributed by atoms with Crippen LogP contribution in [0.4, 0.5) is 0 Å². The molecule has 1 saturated carbocycles. The van der Waals surface area contributed by atoms with Crippen LogP contribution in [0.1, 0.15) is 44.9 Å². The van der Waals surface area contributed by atoms with Crippen molar-refractivity contribution in [3.05, 3.63) is 0 Å². The number of rotatable bonds is 1. The van der Waals surface area contributed by atoms with Crippen LogP contribution in [-0.2, 0) is 4.79 Å². The van der Waals surface area contributed by atoms with Crippen LogP contribution >= 0.6 is 0 Å². The van der Waals surface area contributed by atoms with E-state index in [-0.39, 0.29) is 12.0 Å². The number of likely N-dealkylation sites (tertiary alicyclic amines) is 1. The molecule has 1 heterocycles. The zero-order valence-corrected chi connectivity index (χ0v) is 9.45. The first-order chi connectivity index (χ1) is 7.27. The monoisotopic (exact) mass is 210 g/mol. The van der Waals surface area contributed by atoms with Gasteiger partial charge in [-0.2, -0.15) is 0 Å². The molecule has 1 saturated heterocycles. The molecule has 2 fully saturated rings. The molecular weight excluding hydrogens is 188 g/mol. The highest BCUT2D eigenvalue weighted by Crippen LogP contribution is 2.26. The van der Waals surface area contributed by atoms with E-state index in [1.54, 1.807) is 0 Å². The maximum atomic E-state index is 12.2. The smallest absolute Gasteiger partial charge is 0.225 e. The molecule has 3 heteroatoms. The lowest BCUT2D eigenvalue weighted by Gasteiger charge is -2.33. The van der Waals surface area contributed by atoms with Crippen molar-refractivity contribution in [2.24, 2.45) is 11.7 Å². The quantitative estimate of drug-likeness (QED) is 0.713. The van der Waals surface area contributed by atoms with E-state index in [9.17, 15) is 4.79 Å². The molecule has 2 aliphatic rings. The Bertz CT molecular complexity index is 224. The summed E-state index contributed by atoms with van der Waals surface area (Å²) in [4.78, 5) is 14.2. The van der Waals surface area contributed by atoms with E-state index in [1.165, 1.54) is 19.3 Å². The fraction of sp³-hybridized carbons (Fsp3) is 0.917. The Morgan fingerprint density at radius 3 is 2.47 bits per heavy atom. The van der Waals surface area contributed by atoms with Crippen molar-refractivity contribution in [1.29, 1.82) is 0 Å². The summed E-state index contributed by atoms with van der Waals surface area (Å²) in [6.45, 7) is 1.95. The first-order valence-corrected chi connectivity index (χ1v) is 6.32. The number of amides is 1. The third-order valence-electron chi connectivity index (χ3n) is 3.73. The molecule has 0 aromatic carbocycles. The fourth-order valence-corrected chi connectivity index (χ4v) is 2.82. The van der Waals surface area contributed by atoms with Crippen LogP contribution in [0.5, 0.6) is 0 Å². The zero-order chi connectivity index (χ0) is 10.7. The van der Waals surface area contributed by atoms with Crippen LogP contribution in [0.3, 0.4) is 0 Å². The number of piperidine rings is 1. The van der Waals surface area contributed by atoms with Gasteiger partial charge in [0.25, 0.3) is 0 Å². The summed E-state index contributed by atoms with van der Waals surface area (Å²) >= 11 is 0. The molecule has 0 spiro atoms. The minimum Gasteiger partial charge on any atom is -0.342 e. The van der Waals surface area contributed by atoms with Gasteiger partial charge in [0.05, 0.1) is 0 Å². The second-order valence-corrected chi connectivity index (χ2v) is 5.01. The molecule has 86 valence electrons. The summed E-state index contributed by atoms with van der Waals surface area (Å²) in [5, 5.41) is 0. The Kier molecular flexibility index (Phi) is 3.62. The predicted molar refractivity (Wildman–Crippen MR) is 60.4 cm³/mol. The van der Waals surface area contributed by atoms with Gasteiger partial charge in [0.1, 0.15) is 0 Å². The van der Waals surface area contributed by atoms with Crippen LogP contribution in [0.2, 0.25) is 0 Å². The first kappa shape index (κ1) is 10.9. The van der Waals surface area contributed by atoms with E-state index in [0.717, 1.165) is 38.8 Å². The minimum absolute atomic E-state index is 0.229. The minimum atomic E-state index is 0.229. The third kappa shape index (κ3) is 2.71. The van der Waals surface area contributed by atoms with E-state index >= 15 is 0 Å². The summed E-state index contributed by atoms with van der Waals surface area (Å²) in [6.07, 6.45) is 7.86. The van der Waals surface area contributed by atoms with Gasteiger partial charge < -0.3 is 10.6 Å². The third-order valence-corrected chi connectivity index (χ3v) is 3.73. The molecule has 1 amide bonds. The van der Waals surface area contributed by atoms with E-state index in [4.69, 9.17) is 5.73 Å². The Hall–Kier alpha value is -0.570. The second kappa shape index (κ2) is 4.97. The average molecular weight is 210 g/mol. The molecule has 1 aliphatic heterocycles. The maximum Gasteiger partial charge on any atom is 0.225 e. The first-order valence-electron chi connectivity index (χ1n) is 6.32. The zero-order valence-electron chi connectivity index (χ0n) is 9.45. The number of hydrogen-bond donors (Lipinski definition) is 1. The molecule has 0 aromatic heterocycles. The van der Waals surface area contributed by atoms with Gasteiger partial charge in [-0.15, -0.1) is 0 Å². The molecule has 0 aromatic rings. The van der Waals surface area contributed by atoms with Gasteiger partial charge in [-0.25, -0.2) is 0 Å². The van der Waals surface area contributed by atoms with Gasteiger partial charge in [0.2, 0.25) is 5.91 Å². The Morgan fingerprint density at radius 2 is 1.80 bits per heavy atom. The second-order valence-electron chi connectivity index (χ2n) is 5.01. The van der Waals surface area contributed by atoms with E-state index in [0.29, 0.717) is 5.91 Å². The van der Waals surface area contributed by atoms with Gasteiger partial charge in [0.15, 0.2) is 0 Å². The van der Waals surface area contributed by atoms with Crippen LogP contribution in [0.15, 0.2) is 0 Å². The van der Waals surface area contributed by atoms with Gasteiger partial charge in [-0.1, -0.05) is 6.42 Å². The van der Waals surface area contributed by atoms with Crippen molar-refractivity contribution in [2.75, 3.05) is 13.1 Å². The lowest BCUT2D eigenvalue weighted by Crippen LogP contribution is -2.42. The maximum absolute atomic E-state index is 12.2. The molecular formula is C12H22N2O. The van der Waals surface area contributed by atoms with E-state index in [2.05, 4.69) is 4.90 Å². The van der Waals surface area contributed by atoms with Crippen LogP contribution in [-0.4, -0.2) is 29.9 Å². The molecule has 0 radical (unpaired) electrons. The van der Waals surface area contributed by atoms with Crippen molar-refractivity contribution >= 4 is 5.91 Å². The molecule has 3 nitrogen and oxygen atoms in total. The SMILES string of the molecule is N[C@@H]1CCC[C@H](C(=O)N2CCCCC2)C1. The van der Waals surface area contributed by atoms with Crippen molar-refractivity contribution in [3.8, 4) is 0 Å². The lowest BCUT2D eigenvalue weighted by molar-refractivity contribution is -0.137. The summed E-state index contributed by atoms with van der Waals surface area (Å²) in [7, 11) is 0. The molecule has 0 bridgehead atoms. The molecule has 1 aliphatic carbocycles. The number of carbonyl (C=O) groups excluding carboxylic acids is 1. The van der Waals surface area contributed by atoms with Crippen molar-refractivity contribution in [1.82, 2.24) is 4.90 Å². The van der Waals surface area contributed by atoms with Crippen LogP contribution < -0.4 is 5.73 Å². The summed E-state index contributed by atoms with van der Waals surface area (Å²) in [5.41, 5.74) is 5.92. The van der Waals surface area contributed by atoms with E-state index < -0.39 is 0 Å². The molecule has 2 N–H and O–H groups in total. The Morgan fingerprint density at radius 1 is 1.07 bits per heavy atom. The van der Waals surface area contributed by atoms with Crippen molar-refractivity contribution in [3.63, 3.8) is 0 Å². The summed E-state index contributed by atoms with van der Waals surface area (Å²) in [6, 6.07) is 0.262. The number of nitrogens with zero attached hydrogens (tertiary/aromatic N) is 1. The average Bonchev–Trinajstić information content (AvgIpc) is 2.29. The lowest BCUT2D eigenvalue weighted by atomic mass is 9.85. The molecule has 2 atom stereocenters. The fourth-order valence-electron chi connectivity index (χ4n) is 2.82. The predicted octanol–water partition coefficient (Wildman–Crippen LogP) is 1.52. The normalized spacial score (nSPS) is 32.7. The molecule has 15 heavy (non-hydrogen) atoms. The van der Waals surface area contributed by atoms with Gasteiger partial charge in [-0.05, 0) is 38.5 Å². The Labute approximate surface area is 92.0 Å². The van der Waals surface area contributed by atoms with Gasteiger partial charge in [0, 0.05) is 25.0 Å². The highest BCUT2D eigenvalue weighted by Gasteiger charge is 2.29. The summed E-state index contributed by atoms with van der Waals surface area (Å²) in [5.74, 6) is 0.608.